The second-order valence-electron chi connectivity index (χ2n) is 7.49. The van der Waals surface area contributed by atoms with Crippen molar-refractivity contribution in [2.45, 2.75) is 32.6 Å². The van der Waals surface area contributed by atoms with Crippen LogP contribution in [0.2, 0.25) is 0 Å². The van der Waals surface area contributed by atoms with Crippen LogP contribution in [0.1, 0.15) is 38.2 Å². The zero-order valence-electron chi connectivity index (χ0n) is 19.1. The normalized spacial score (nSPS) is 11.1. The average molecular weight is 540 g/mol. The first-order valence-electron chi connectivity index (χ1n) is 11.0. The van der Waals surface area contributed by atoms with Crippen LogP contribution >= 0.6 is 27.3 Å². The number of rotatable bonds is 11. The summed E-state index contributed by atoms with van der Waals surface area (Å²) in [6.45, 7) is 2.79. The van der Waals surface area contributed by atoms with Crippen LogP contribution in [0.5, 0.6) is 11.5 Å². The van der Waals surface area contributed by atoms with Crippen molar-refractivity contribution >= 4 is 44.4 Å². The number of benzene rings is 2. The molecule has 0 aliphatic rings. The minimum absolute atomic E-state index is 0.0329. The molecular formula is C26H26BrN3O3S. The minimum Gasteiger partial charge on any atom is -0.493 e. The maximum atomic E-state index is 12.7. The molecule has 34 heavy (non-hydrogen) atoms. The Kier molecular flexibility index (Phi) is 9.68. The Hall–Kier alpha value is -3.15. The van der Waals surface area contributed by atoms with Crippen molar-refractivity contribution in [3.63, 3.8) is 0 Å². The number of anilines is 1. The fourth-order valence-electron chi connectivity index (χ4n) is 3.20. The van der Waals surface area contributed by atoms with Crippen molar-refractivity contribution in [1.82, 2.24) is 4.98 Å². The van der Waals surface area contributed by atoms with Gasteiger partial charge in [0.05, 0.1) is 19.4 Å². The molecule has 0 atom stereocenters. The van der Waals surface area contributed by atoms with Crippen molar-refractivity contribution < 1.29 is 14.3 Å². The van der Waals surface area contributed by atoms with E-state index in [1.807, 2.05) is 35.7 Å². The van der Waals surface area contributed by atoms with Crippen LogP contribution in [0, 0.1) is 11.3 Å². The van der Waals surface area contributed by atoms with E-state index in [1.54, 1.807) is 25.3 Å². The summed E-state index contributed by atoms with van der Waals surface area (Å²) < 4.78 is 12.2. The van der Waals surface area contributed by atoms with Gasteiger partial charge in [0.15, 0.2) is 16.6 Å². The molecule has 0 fully saturated rings. The Bertz CT molecular complexity index is 1200. The van der Waals surface area contributed by atoms with Crippen molar-refractivity contribution in [3.05, 3.63) is 63.5 Å². The topological polar surface area (TPSA) is 84.2 Å². The number of halogens is 1. The third kappa shape index (κ3) is 7.17. The summed E-state index contributed by atoms with van der Waals surface area (Å²) in [5.41, 5.74) is 2.31. The SMILES string of the molecule is CCCCCCOc1ccc(/C=C(\C#N)C(=O)Nc2nc(-c3cccc(Br)c3)cs2)cc1OC. The molecule has 1 N–H and O–H groups in total. The van der Waals surface area contributed by atoms with E-state index < -0.39 is 5.91 Å². The third-order valence-electron chi connectivity index (χ3n) is 4.96. The van der Waals surface area contributed by atoms with E-state index in [-0.39, 0.29) is 5.57 Å². The van der Waals surface area contributed by atoms with Crippen molar-refractivity contribution in [2.24, 2.45) is 0 Å². The monoisotopic (exact) mass is 539 g/mol. The van der Waals surface area contributed by atoms with Crippen LogP contribution in [0.15, 0.2) is 57.9 Å². The van der Waals surface area contributed by atoms with Gasteiger partial charge in [0.1, 0.15) is 11.6 Å². The first-order valence-corrected chi connectivity index (χ1v) is 12.7. The molecule has 1 aromatic heterocycles. The highest BCUT2D eigenvalue weighted by Crippen LogP contribution is 2.30. The van der Waals surface area contributed by atoms with E-state index >= 15 is 0 Å². The zero-order valence-corrected chi connectivity index (χ0v) is 21.5. The van der Waals surface area contributed by atoms with Crippen LogP contribution in [-0.4, -0.2) is 24.6 Å². The standard InChI is InChI=1S/C26H26BrN3O3S/c1-3-4-5-6-12-33-23-11-10-18(14-24(23)32-2)13-20(16-28)25(31)30-26-29-22(17-34-26)19-8-7-9-21(27)15-19/h7-11,13-15,17H,3-6,12H2,1-2H3,(H,29,30,31)/b20-13+. The molecule has 0 spiro atoms. The number of aromatic nitrogens is 1. The van der Waals surface area contributed by atoms with E-state index in [1.165, 1.54) is 30.3 Å². The van der Waals surface area contributed by atoms with Crippen LogP contribution < -0.4 is 14.8 Å². The molecule has 1 heterocycles. The van der Waals surface area contributed by atoms with Crippen molar-refractivity contribution in [3.8, 4) is 28.8 Å². The number of nitrogens with zero attached hydrogens (tertiary/aromatic N) is 2. The Labute approximate surface area is 212 Å². The van der Waals surface area contributed by atoms with E-state index in [2.05, 4.69) is 33.2 Å². The molecule has 8 heteroatoms. The van der Waals surface area contributed by atoms with Crippen LogP contribution in [0.3, 0.4) is 0 Å². The summed E-state index contributed by atoms with van der Waals surface area (Å²) in [5, 5.41) is 14.6. The zero-order chi connectivity index (χ0) is 24.3. The second kappa shape index (κ2) is 12.9. The molecule has 176 valence electrons. The molecule has 0 unspecified atom stereocenters. The summed E-state index contributed by atoms with van der Waals surface area (Å²) in [6, 6.07) is 15.1. The fourth-order valence-corrected chi connectivity index (χ4v) is 4.31. The molecule has 2 aromatic carbocycles. The predicted molar refractivity (Wildman–Crippen MR) is 140 cm³/mol. The largest absolute Gasteiger partial charge is 0.493 e. The van der Waals surface area contributed by atoms with Gasteiger partial charge in [-0.2, -0.15) is 5.26 Å². The lowest BCUT2D eigenvalue weighted by atomic mass is 10.1. The molecule has 0 radical (unpaired) electrons. The lowest BCUT2D eigenvalue weighted by Gasteiger charge is -2.11. The Morgan fingerprint density at radius 3 is 2.79 bits per heavy atom. The number of amides is 1. The van der Waals surface area contributed by atoms with Crippen LogP contribution in [0.25, 0.3) is 17.3 Å². The Morgan fingerprint density at radius 1 is 1.21 bits per heavy atom. The number of methoxy groups -OCH3 is 1. The summed E-state index contributed by atoms with van der Waals surface area (Å²) in [6.07, 6.45) is 6.00. The molecule has 1 amide bonds. The number of hydrogen-bond donors (Lipinski definition) is 1. The minimum atomic E-state index is -0.521. The number of carbonyl (C=O) groups is 1. The van der Waals surface area contributed by atoms with Gasteiger partial charge in [-0.15, -0.1) is 11.3 Å². The Morgan fingerprint density at radius 2 is 2.06 bits per heavy atom. The van der Waals surface area contributed by atoms with E-state index in [9.17, 15) is 10.1 Å². The van der Waals surface area contributed by atoms with Gasteiger partial charge in [-0.25, -0.2) is 4.98 Å². The molecule has 0 saturated heterocycles. The molecule has 3 rings (SSSR count). The molecule has 0 bridgehead atoms. The highest BCUT2D eigenvalue weighted by atomic mass is 79.9. The van der Waals surface area contributed by atoms with Crippen LogP contribution in [-0.2, 0) is 4.79 Å². The Balaban J connectivity index is 1.68. The molecule has 3 aromatic rings. The molecule has 0 aliphatic carbocycles. The number of nitriles is 1. The molecule has 6 nitrogen and oxygen atoms in total. The second-order valence-corrected chi connectivity index (χ2v) is 9.27. The third-order valence-corrected chi connectivity index (χ3v) is 6.22. The van der Waals surface area contributed by atoms with Gasteiger partial charge >= 0.3 is 0 Å². The summed E-state index contributed by atoms with van der Waals surface area (Å²) in [4.78, 5) is 17.2. The summed E-state index contributed by atoms with van der Waals surface area (Å²) in [5.74, 6) is 0.676. The summed E-state index contributed by atoms with van der Waals surface area (Å²) in [7, 11) is 1.57. The highest BCUT2D eigenvalue weighted by Gasteiger charge is 2.14. The first-order chi connectivity index (χ1) is 16.5. The van der Waals surface area contributed by atoms with Gasteiger partial charge < -0.3 is 9.47 Å². The number of ether oxygens (including phenoxy) is 2. The fraction of sp³-hybridized carbons (Fsp3) is 0.269. The lowest BCUT2D eigenvalue weighted by molar-refractivity contribution is -0.112. The lowest BCUT2D eigenvalue weighted by Crippen LogP contribution is -2.13. The first kappa shape index (κ1) is 25.5. The number of nitrogens with one attached hydrogen (secondary N) is 1. The van der Waals surface area contributed by atoms with Crippen LogP contribution in [0.4, 0.5) is 5.13 Å². The number of thiazole rings is 1. The highest BCUT2D eigenvalue weighted by molar-refractivity contribution is 9.10. The van der Waals surface area contributed by atoms with E-state index in [0.29, 0.717) is 28.8 Å². The van der Waals surface area contributed by atoms with Gasteiger partial charge in [0, 0.05) is 15.4 Å². The van der Waals surface area contributed by atoms with Gasteiger partial charge in [-0.1, -0.05) is 60.3 Å². The quantitative estimate of drug-likeness (QED) is 0.160. The van der Waals surface area contributed by atoms with Crippen molar-refractivity contribution in [1.29, 1.82) is 5.26 Å². The van der Waals surface area contributed by atoms with Crippen molar-refractivity contribution in [2.75, 3.05) is 19.0 Å². The smallest absolute Gasteiger partial charge is 0.268 e. The average Bonchev–Trinajstić information content (AvgIpc) is 3.31. The molecule has 0 saturated carbocycles. The number of hydrogen-bond acceptors (Lipinski definition) is 6. The number of carbonyl (C=O) groups excluding carboxylic acids is 1. The molecule has 0 aliphatic heterocycles. The maximum absolute atomic E-state index is 12.7. The van der Waals surface area contributed by atoms with Gasteiger partial charge in [0.25, 0.3) is 5.91 Å². The van der Waals surface area contributed by atoms with Gasteiger partial charge in [0.2, 0.25) is 0 Å². The molecular weight excluding hydrogens is 514 g/mol. The number of unbranched alkanes of at least 4 members (excludes halogenated alkanes) is 3. The summed E-state index contributed by atoms with van der Waals surface area (Å²) >= 11 is 4.75. The predicted octanol–water partition coefficient (Wildman–Crippen LogP) is 7.09. The van der Waals surface area contributed by atoms with E-state index in [0.717, 1.165) is 28.6 Å². The maximum Gasteiger partial charge on any atom is 0.268 e. The van der Waals surface area contributed by atoms with Gasteiger partial charge in [-0.05, 0) is 42.3 Å². The van der Waals surface area contributed by atoms with Gasteiger partial charge in [-0.3, -0.25) is 10.1 Å². The van der Waals surface area contributed by atoms with E-state index in [4.69, 9.17) is 9.47 Å².